The van der Waals surface area contributed by atoms with E-state index in [-0.39, 0.29) is 24.1 Å². The van der Waals surface area contributed by atoms with E-state index in [0.29, 0.717) is 12.1 Å². The van der Waals surface area contributed by atoms with Crippen LogP contribution in [0.3, 0.4) is 0 Å². The van der Waals surface area contributed by atoms with Crippen LogP contribution in [0, 0.1) is 0 Å². The first-order valence-electron chi connectivity index (χ1n) is 6.60. The summed E-state index contributed by atoms with van der Waals surface area (Å²) in [5.74, 6) is 0.00492. The second kappa shape index (κ2) is 8.26. The summed E-state index contributed by atoms with van der Waals surface area (Å²) in [5, 5.41) is 2.98. The maximum absolute atomic E-state index is 12.3. The van der Waals surface area contributed by atoms with E-state index < -0.39 is 16.6 Å². The van der Waals surface area contributed by atoms with Crippen LogP contribution in [0.15, 0.2) is 24.3 Å². The van der Waals surface area contributed by atoms with E-state index in [1.54, 1.807) is 32.0 Å². The minimum absolute atomic E-state index is 0.0803. The molecule has 0 bridgehead atoms. The summed E-state index contributed by atoms with van der Waals surface area (Å²) in [6.07, 6.45) is 0. The smallest absolute Gasteiger partial charge is 0.387 e. The third-order valence-electron chi connectivity index (χ3n) is 2.79. The van der Waals surface area contributed by atoms with Gasteiger partial charge in [-0.25, -0.2) is 13.1 Å². The van der Waals surface area contributed by atoms with Crippen molar-refractivity contribution in [2.45, 2.75) is 26.5 Å². The lowest BCUT2D eigenvalue weighted by Crippen LogP contribution is -2.32. The van der Waals surface area contributed by atoms with Crippen molar-refractivity contribution in [3.63, 3.8) is 0 Å². The van der Waals surface area contributed by atoms with Gasteiger partial charge in [-0.3, -0.25) is 0 Å². The zero-order valence-corrected chi connectivity index (χ0v) is 12.8. The number of halogens is 2. The van der Waals surface area contributed by atoms with E-state index in [2.05, 4.69) is 14.8 Å². The number of para-hydroxylation sites is 1. The maximum Gasteiger partial charge on any atom is 0.387 e. The Labute approximate surface area is 123 Å². The Morgan fingerprint density at radius 2 is 1.95 bits per heavy atom. The van der Waals surface area contributed by atoms with Crippen molar-refractivity contribution in [1.29, 1.82) is 0 Å². The molecule has 1 unspecified atom stereocenters. The van der Waals surface area contributed by atoms with E-state index in [1.165, 1.54) is 6.07 Å². The van der Waals surface area contributed by atoms with E-state index in [4.69, 9.17) is 0 Å². The van der Waals surface area contributed by atoms with Gasteiger partial charge in [0.1, 0.15) is 5.75 Å². The molecule has 1 aromatic carbocycles. The fourth-order valence-electron chi connectivity index (χ4n) is 1.85. The summed E-state index contributed by atoms with van der Waals surface area (Å²) in [6, 6.07) is 6.12. The number of alkyl halides is 2. The standard InChI is InChI=1S/C13H20F2N2O3S/c1-3-17-21(18,19)9-8-16-10(2)11-6-4-5-7-12(11)20-13(14)15/h4-7,10,13,16-17H,3,8-9H2,1-2H3. The monoisotopic (exact) mass is 322 g/mol. The van der Waals surface area contributed by atoms with Crippen LogP contribution >= 0.6 is 0 Å². The van der Waals surface area contributed by atoms with E-state index >= 15 is 0 Å². The number of sulfonamides is 1. The molecule has 0 amide bonds. The van der Waals surface area contributed by atoms with Crippen molar-refractivity contribution in [1.82, 2.24) is 10.0 Å². The first kappa shape index (κ1) is 17.8. The molecule has 0 spiro atoms. The Bertz CT molecular complexity index is 538. The summed E-state index contributed by atoms with van der Waals surface area (Å²) in [5.41, 5.74) is 0.554. The van der Waals surface area contributed by atoms with Crippen LogP contribution < -0.4 is 14.8 Å². The maximum atomic E-state index is 12.3. The van der Waals surface area contributed by atoms with Gasteiger partial charge >= 0.3 is 6.61 Å². The lowest BCUT2D eigenvalue weighted by atomic mass is 10.1. The zero-order valence-electron chi connectivity index (χ0n) is 12.0. The van der Waals surface area contributed by atoms with E-state index in [1.807, 2.05) is 0 Å². The SMILES string of the molecule is CCNS(=O)(=O)CCNC(C)c1ccccc1OC(F)F. The molecule has 5 nitrogen and oxygen atoms in total. The molecule has 0 saturated heterocycles. The van der Waals surface area contributed by atoms with Crippen molar-refractivity contribution in [2.24, 2.45) is 0 Å². The van der Waals surface area contributed by atoms with Gasteiger partial charge in [0, 0.05) is 24.7 Å². The molecular formula is C13H20F2N2O3S. The number of hydrogen-bond donors (Lipinski definition) is 2. The summed E-state index contributed by atoms with van der Waals surface area (Å²) in [6.45, 7) is 1.11. The summed E-state index contributed by atoms with van der Waals surface area (Å²) >= 11 is 0. The molecule has 0 aliphatic heterocycles. The average Bonchev–Trinajstić information content (AvgIpc) is 2.38. The molecule has 8 heteroatoms. The van der Waals surface area contributed by atoms with Gasteiger partial charge in [-0.1, -0.05) is 25.1 Å². The third-order valence-corrected chi connectivity index (χ3v) is 4.26. The predicted octanol–water partition coefficient (Wildman–Crippen LogP) is 1.88. The Morgan fingerprint density at radius 1 is 1.29 bits per heavy atom. The topological polar surface area (TPSA) is 67.4 Å². The summed E-state index contributed by atoms with van der Waals surface area (Å²) in [7, 11) is -3.30. The molecular weight excluding hydrogens is 302 g/mol. The molecule has 2 N–H and O–H groups in total. The Hall–Kier alpha value is -1.25. The number of nitrogens with one attached hydrogen (secondary N) is 2. The van der Waals surface area contributed by atoms with Crippen LogP contribution in [0.5, 0.6) is 5.75 Å². The van der Waals surface area contributed by atoms with Gasteiger partial charge in [0.25, 0.3) is 0 Å². The van der Waals surface area contributed by atoms with Gasteiger partial charge in [-0.15, -0.1) is 0 Å². The minimum Gasteiger partial charge on any atom is -0.434 e. The Kier molecular flexibility index (Phi) is 7.00. The van der Waals surface area contributed by atoms with Crippen molar-refractivity contribution < 1.29 is 21.9 Å². The highest BCUT2D eigenvalue weighted by atomic mass is 32.2. The fraction of sp³-hybridized carbons (Fsp3) is 0.538. The molecule has 21 heavy (non-hydrogen) atoms. The molecule has 120 valence electrons. The zero-order chi connectivity index (χ0) is 15.9. The van der Waals surface area contributed by atoms with Gasteiger partial charge in [-0.2, -0.15) is 8.78 Å². The van der Waals surface area contributed by atoms with Crippen molar-refractivity contribution in [2.75, 3.05) is 18.8 Å². The van der Waals surface area contributed by atoms with Gasteiger partial charge in [0.2, 0.25) is 10.0 Å². The molecule has 1 atom stereocenters. The molecule has 1 rings (SSSR count). The van der Waals surface area contributed by atoms with Gasteiger partial charge < -0.3 is 10.1 Å². The van der Waals surface area contributed by atoms with Crippen LogP contribution in [-0.2, 0) is 10.0 Å². The molecule has 0 aliphatic rings. The third kappa shape index (κ3) is 6.36. The van der Waals surface area contributed by atoms with E-state index in [0.717, 1.165) is 0 Å². The summed E-state index contributed by atoms with van der Waals surface area (Å²) < 4.78 is 54.5. The highest BCUT2D eigenvalue weighted by Crippen LogP contribution is 2.26. The normalized spacial score (nSPS) is 13.4. The Balaban J connectivity index is 2.62. The molecule has 0 aliphatic carbocycles. The molecule has 0 aromatic heterocycles. The lowest BCUT2D eigenvalue weighted by molar-refractivity contribution is -0.0506. The molecule has 0 heterocycles. The van der Waals surface area contributed by atoms with Crippen LogP contribution in [0.2, 0.25) is 0 Å². The lowest BCUT2D eigenvalue weighted by Gasteiger charge is -2.18. The second-order valence-electron chi connectivity index (χ2n) is 4.41. The van der Waals surface area contributed by atoms with Crippen LogP contribution in [0.1, 0.15) is 25.5 Å². The highest BCUT2D eigenvalue weighted by Gasteiger charge is 2.15. The van der Waals surface area contributed by atoms with Crippen molar-refractivity contribution in [3.8, 4) is 5.75 Å². The number of benzene rings is 1. The van der Waals surface area contributed by atoms with Crippen molar-refractivity contribution in [3.05, 3.63) is 29.8 Å². The van der Waals surface area contributed by atoms with Crippen LogP contribution in [0.25, 0.3) is 0 Å². The molecule has 0 fully saturated rings. The highest BCUT2D eigenvalue weighted by molar-refractivity contribution is 7.89. The second-order valence-corrected chi connectivity index (χ2v) is 6.34. The largest absolute Gasteiger partial charge is 0.434 e. The molecule has 0 radical (unpaired) electrons. The fourth-order valence-corrected chi connectivity index (χ4v) is 2.82. The van der Waals surface area contributed by atoms with Gasteiger partial charge in [0.15, 0.2) is 0 Å². The average molecular weight is 322 g/mol. The number of hydrogen-bond acceptors (Lipinski definition) is 4. The minimum atomic E-state index is -3.30. The quantitative estimate of drug-likeness (QED) is 0.728. The van der Waals surface area contributed by atoms with Crippen molar-refractivity contribution >= 4 is 10.0 Å². The van der Waals surface area contributed by atoms with Crippen LogP contribution in [0.4, 0.5) is 8.78 Å². The number of rotatable bonds is 9. The molecule has 0 saturated carbocycles. The summed E-state index contributed by atoms with van der Waals surface area (Å²) in [4.78, 5) is 0. The van der Waals surface area contributed by atoms with Crippen LogP contribution in [-0.4, -0.2) is 33.9 Å². The van der Waals surface area contributed by atoms with Gasteiger partial charge in [0.05, 0.1) is 5.75 Å². The number of ether oxygens (including phenoxy) is 1. The first-order chi connectivity index (χ1) is 9.85. The van der Waals surface area contributed by atoms with Gasteiger partial charge in [-0.05, 0) is 13.0 Å². The Morgan fingerprint density at radius 3 is 2.57 bits per heavy atom. The van der Waals surface area contributed by atoms with E-state index in [9.17, 15) is 17.2 Å². The first-order valence-corrected chi connectivity index (χ1v) is 8.25. The molecule has 1 aromatic rings. The predicted molar refractivity (Wildman–Crippen MR) is 77.0 cm³/mol.